The lowest BCUT2D eigenvalue weighted by Crippen LogP contribution is -2.34. The summed E-state index contributed by atoms with van der Waals surface area (Å²) in [6, 6.07) is 6.84. The summed E-state index contributed by atoms with van der Waals surface area (Å²) in [6.07, 6.45) is 1.62. The smallest absolute Gasteiger partial charge is 0.243 e. The lowest BCUT2D eigenvalue weighted by molar-refractivity contribution is 0.348. The van der Waals surface area contributed by atoms with Crippen LogP contribution >= 0.6 is 0 Å². The van der Waals surface area contributed by atoms with Gasteiger partial charge in [-0.2, -0.15) is 4.31 Å². The van der Waals surface area contributed by atoms with Crippen molar-refractivity contribution in [2.24, 2.45) is 0 Å². The summed E-state index contributed by atoms with van der Waals surface area (Å²) in [5, 5.41) is 0. The van der Waals surface area contributed by atoms with Crippen LogP contribution < -0.4 is 0 Å². The number of epoxide rings is 1. The van der Waals surface area contributed by atoms with Crippen LogP contribution in [0.25, 0.3) is 0 Å². The van der Waals surface area contributed by atoms with E-state index in [2.05, 4.69) is 12.3 Å². The molecule has 1 aliphatic heterocycles. The molecule has 1 aromatic carbocycles. The van der Waals surface area contributed by atoms with E-state index >= 15 is 0 Å². The van der Waals surface area contributed by atoms with Crippen LogP contribution in [0.5, 0.6) is 0 Å². The third-order valence-corrected chi connectivity index (χ3v) is 4.75. The Hall–Kier alpha value is -1.39. The number of rotatable bonds is 6. The zero-order valence-electron chi connectivity index (χ0n) is 10.9. The average molecular weight is 279 g/mol. The Bertz CT molecular complexity index is 582. The molecule has 1 atom stereocenters. The summed E-state index contributed by atoms with van der Waals surface area (Å²) in [5.41, 5.74) is 3.63. The molecule has 0 saturated carbocycles. The van der Waals surface area contributed by atoms with Crippen molar-refractivity contribution in [3.63, 3.8) is 0 Å². The summed E-state index contributed by atoms with van der Waals surface area (Å²) in [6.45, 7) is 6.64. The van der Waals surface area contributed by atoms with Crippen LogP contribution in [0.3, 0.4) is 0 Å². The fraction of sp³-hybridized carbons (Fsp3) is 0.357. The molecule has 1 aliphatic rings. The largest absolute Gasteiger partial charge is 0.372 e. The lowest BCUT2D eigenvalue weighted by atomic mass is 10.2. The first-order valence-corrected chi connectivity index (χ1v) is 7.51. The van der Waals surface area contributed by atoms with Gasteiger partial charge in [-0.3, -0.25) is 0 Å². The Morgan fingerprint density at radius 2 is 2.11 bits per heavy atom. The Morgan fingerprint density at radius 1 is 1.47 bits per heavy atom. The molecular weight excluding hydrogens is 262 g/mol. The summed E-state index contributed by atoms with van der Waals surface area (Å²) in [7, 11) is -3.49. The molecule has 0 N–H and O–H groups in total. The van der Waals surface area contributed by atoms with Crippen molar-refractivity contribution in [1.82, 2.24) is 4.31 Å². The zero-order chi connectivity index (χ0) is 13.9. The second-order valence-corrected chi connectivity index (χ2v) is 6.44. The van der Waals surface area contributed by atoms with Gasteiger partial charge in [-0.05, 0) is 25.1 Å². The summed E-state index contributed by atoms with van der Waals surface area (Å²) < 4.78 is 31.5. The van der Waals surface area contributed by atoms with Gasteiger partial charge in [0.1, 0.15) is 0 Å². The fourth-order valence-corrected chi connectivity index (χ4v) is 3.11. The van der Waals surface area contributed by atoms with E-state index in [1.165, 1.54) is 4.31 Å². The first kappa shape index (κ1) is 14.0. The molecule has 0 radical (unpaired) electrons. The minimum atomic E-state index is -3.49. The van der Waals surface area contributed by atoms with Crippen molar-refractivity contribution < 1.29 is 13.2 Å². The molecule has 5 heteroatoms. The Kier molecular flexibility index (Phi) is 4.22. The maximum absolute atomic E-state index is 12.5. The number of sulfonamides is 1. The number of hydrogen-bond donors (Lipinski definition) is 0. The van der Waals surface area contributed by atoms with Gasteiger partial charge in [0.25, 0.3) is 0 Å². The number of benzene rings is 1. The quantitative estimate of drug-likeness (QED) is 0.588. The first-order valence-electron chi connectivity index (χ1n) is 6.07. The van der Waals surface area contributed by atoms with Crippen LogP contribution in [0.2, 0.25) is 0 Å². The molecule has 19 heavy (non-hydrogen) atoms. The minimum Gasteiger partial charge on any atom is -0.372 e. The van der Waals surface area contributed by atoms with Crippen LogP contribution in [0.4, 0.5) is 0 Å². The highest BCUT2D eigenvalue weighted by atomic mass is 32.2. The van der Waals surface area contributed by atoms with E-state index in [1.807, 2.05) is 6.92 Å². The Labute approximate surface area is 114 Å². The van der Waals surface area contributed by atoms with E-state index in [1.54, 1.807) is 30.3 Å². The van der Waals surface area contributed by atoms with E-state index in [0.717, 1.165) is 5.56 Å². The third-order valence-electron chi connectivity index (χ3n) is 2.91. The van der Waals surface area contributed by atoms with E-state index in [-0.39, 0.29) is 12.6 Å². The van der Waals surface area contributed by atoms with Gasteiger partial charge in [-0.25, -0.2) is 8.42 Å². The van der Waals surface area contributed by atoms with E-state index < -0.39 is 10.0 Å². The molecule has 1 fully saturated rings. The average Bonchev–Trinajstić information content (AvgIpc) is 3.18. The van der Waals surface area contributed by atoms with Crippen LogP contribution in [0, 0.1) is 6.92 Å². The molecule has 0 bridgehead atoms. The van der Waals surface area contributed by atoms with Gasteiger partial charge in [0.05, 0.1) is 17.6 Å². The van der Waals surface area contributed by atoms with Gasteiger partial charge in [0.2, 0.25) is 10.0 Å². The highest BCUT2D eigenvalue weighted by molar-refractivity contribution is 7.89. The maximum atomic E-state index is 12.5. The van der Waals surface area contributed by atoms with E-state index in [0.29, 0.717) is 18.0 Å². The maximum Gasteiger partial charge on any atom is 0.243 e. The van der Waals surface area contributed by atoms with Gasteiger partial charge in [0, 0.05) is 13.1 Å². The highest BCUT2D eigenvalue weighted by Gasteiger charge is 2.31. The predicted octanol–water partition coefficient (Wildman–Crippen LogP) is 1.73. The molecule has 1 saturated heterocycles. The van der Waals surface area contributed by atoms with Gasteiger partial charge < -0.3 is 4.74 Å². The monoisotopic (exact) mass is 279 g/mol. The molecular formula is C14H17NO3S. The van der Waals surface area contributed by atoms with Gasteiger partial charge in [-0.15, -0.1) is 5.73 Å². The van der Waals surface area contributed by atoms with E-state index in [4.69, 9.17) is 4.74 Å². The number of nitrogens with zero attached hydrogens (tertiary/aromatic N) is 1. The summed E-state index contributed by atoms with van der Waals surface area (Å²) in [5.74, 6) is 0. The summed E-state index contributed by atoms with van der Waals surface area (Å²) >= 11 is 0. The number of ether oxygens (including phenoxy) is 1. The van der Waals surface area contributed by atoms with Crippen molar-refractivity contribution >= 4 is 10.0 Å². The molecule has 102 valence electrons. The highest BCUT2D eigenvalue weighted by Crippen LogP contribution is 2.20. The number of aryl methyl sites for hydroxylation is 1. The second-order valence-electron chi connectivity index (χ2n) is 4.50. The van der Waals surface area contributed by atoms with Gasteiger partial charge in [0.15, 0.2) is 0 Å². The fourth-order valence-electron chi connectivity index (χ4n) is 1.70. The van der Waals surface area contributed by atoms with Crippen molar-refractivity contribution in [3.8, 4) is 0 Å². The molecule has 0 spiro atoms. The first-order chi connectivity index (χ1) is 9.04. The molecule has 2 rings (SSSR count). The standard InChI is InChI=1S/C14H17NO3S/c1-3-4-9-15(10-13-11-18-13)19(16,17)14-7-5-12(2)6-8-14/h4-8,13H,1,9-11H2,2H3. The van der Waals surface area contributed by atoms with Crippen molar-refractivity contribution in [1.29, 1.82) is 0 Å². The molecule has 1 heterocycles. The van der Waals surface area contributed by atoms with Crippen molar-refractivity contribution in [2.75, 3.05) is 19.7 Å². The normalized spacial score (nSPS) is 18.1. The van der Waals surface area contributed by atoms with Gasteiger partial charge >= 0.3 is 0 Å². The topological polar surface area (TPSA) is 49.9 Å². The van der Waals surface area contributed by atoms with Crippen LogP contribution in [0.15, 0.2) is 47.5 Å². The Morgan fingerprint density at radius 3 is 2.63 bits per heavy atom. The van der Waals surface area contributed by atoms with Crippen molar-refractivity contribution in [2.45, 2.75) is 17.9 Å². The number of hydrogen-bond acceptors (Lipinski definition) is 3. The SMILES string of the molecule is C=C=CCN(CC1CO1)S(=O)(=O)c1ccc(C)cc1. The third kappa shape index (κ3) is 3.55. The van der Waals surface area contributed by atoms with Crippen LogP contribution in [-0.2, 0) is 14.8 Å². The molecule has 0 aliphatic carbocycles. The Balaban J connectivity index is 2.26. The second kappa shape index (κ2) is 5.72. The zero-order valence-corrected chi connectivity index (χ0v) is 11.7. The van der Waals surface area contributed by atoms with Crippen molar-refractivity contribution in [3.05, 3.63) is 48.2 Å². The molecule has 1 aromatic rings. The lowest BCUT2D eigenvalue weighted by Gasteiger charge is -2.19. The van der Waals surface area contributed by atoms with Crippen LogP contribution in [0.1, 0.15) is 5.56 Å². The molecule has 1 unspecified atom stereocenters. The summed E-state index contributed by atoms with van der Waals surface area (Å²) in [4.78, 5) is 0.302. The molecule has 4 nitrogen and oxygen atoms in total. The minimum absolute atomic E-state index is 0.0124. The van der Waals surface area contributed by atoms with Gasteiger partial charge in [-0.1, -0.05) is 24.3 Å². The predicted molar refractivity (Wildman–Crippen MR) is 73.4 cm³/mol. The van der Waals surface area contributed by atoms with Crippen LogP contribution in [-0.4, -0.2) is 38.5 Å². The van der Waals surface area contributed by atoms with E-state index in [9.17, 15) is 8.42 Å². The molecule has 0 aromatic heterocycles. The molecule has 0 amide bonds.